The summed E-state index contributed by atoms with van der Waals surface area (Å²) in [6.45, 7) is 4.13. The molecular formula is C14H25N3O4. The molecule has 0 saturated carbocycles. The van der Waals surface area contributed by atoms with Gasteiger partial charge in [0.25, 0.3) is 0 Å². The Bertz CT molecular complexity index is 377. The van der Waals surface area contributed by atoms with Crippen LogP contribution in [0.5, 0.6) is 0 Å². The molecule has 0 aromatic rings. The number of carbonyl (C=O) groups is 2. The number of nitrogens with one attached hydrogen (secondary N) is 2. The molecule has 7 heteroatoms. The summed E-state index contributed by atoms with van der Waals surface area (Å²) in [5.74, 6) is 0.102. The molecule has 2 aliphatic heterocycles. The lowest BCUT2D eigenvalue weighted by atomic mass is 10.0. The predicted octanol–water partition coefficient (Wildman–Crippen LogP) is 0.100. The van der Waals surface area contributed by atoms with Crippen LogP contribution in [0.15, 0.2) is 0 Å². The number of rotatable bonds is 4. The van der Waals surface area contributed by atoms with Crippen LogP contribution in [0.3, 0.4) is 0 Å². The van der Waals surface area contributed by atoms with Gasteiger partial charge in [-0.2, -0.15) is 0 Å². The Labute approximate surface area is 125 Å². The summed E-state index contributed by atoms with van der Waals surface area (Å²) in [6, 6.07) is -0.197. The van der Waals surface area contributed by atoms with E-state index in [0.29, 0.717) is 26.1 Å². The molecule has 7 nitrogen and oxygen atoms in total. The average molecular weight is 299 g/mol. The number of nitrogens with zero attached hydrogens (tertiary/aromatic N) is 1. The largest absolute Gasteiger partial charge is 0.450 e. The number of methoxy groups -OCH3 is 1. The molecule has 3 atom stereocenters. The fourth-order valence-electron chi connectivity index (χ4n) is 2.93. The quantitative estimate of drug-likeness (QED) is 0.770. The molecule has 21 heavy (non-hydrogen) atoms. The second kappa shape index (κ2) is 7.61. The maximum atomic E-state index is 12.5. The molecule has 2 fully saturated rings. The first-order chi connectivity index (χ1) is 10.1. The van der Waals surface area contributed by atoms with E-state index in [1.54, 1.807) is 14.0 Å². The zero-order valence-electron chi connectivity index (χ0n) is 12.8. The van der Waals surface area contributed by atoms with Crippen LogP contribution in [0.2, 0.25) is 0 Å². The number of hydrogen-bond acceptors (Lipinski definition) is 5. The van der Waals surface area contributed by atoms with E-state index in [2.05, 4.69) is 10.6 Å². The van der Waals surface area contributed by atoms with Crippen molar-refractivity contribution in [3.05, 3.63) is 0 Å². The van der Waals surface area contributed by atoms with Crippen molar-refractivity contribution >= 4 is 12.0 Å². The van der Waals surface area contributed by atoms with E-state index in [1.165, 1.54) is 0 Å². The number of likely N-dealkylation sites (tertiary alicyclic amines) is 1. The molecule has 0 aromatic heterocycles. The van der Waals surface area contributed by atoms with Crippen molar-refractivity contribution < 1.29 is 19.1 Å². The van der Waals surface area contributed by atoms with E-state index in [0.717, 1.165) is 19.4 Å². The third-order valence-corrected chi connectivity index (χ3v) is 4.05. The van der Waals surface area contributed by atoms with Crippen LogP contribution in [0.25, 0.3) is 0 Å². The molecule has 2 saturated heterocycles. The molecule has 120 valence electrons. The van der Waals surface area contributed by atoms with Crippen molar-refractivity contribution in [1.29, 1.82) is 0 Å². The van der Waals surface area contributed by atoms with E-state index >= 15 is 0 Å². The molecule has 2 aliphatic rings. The Morgan fingerprint density at radius 1 is 1.43 bits per heavy atom. The fraction of sp³-hybridized carbons (Fsp3) is 0.857. The lowest BCUT2D eigenvalue weighted by molar-refractivity contribution is -0.134. The zero-order chi connectivity index (χ0) is 15.2. The van der Waals surface area contributed by atoms with Gasteiger partial charge in [0.15, 0.2) is 0 Å². The maximum absolute atomic E-state index is 12.5. The Morgan fingerprint density at radius 3 is 2.90 bits per heavy atom. The Kier molecular flexibility index (Phi) is 5.81. The minimum absolute atomic E-state index is 0.0265. The Hall–Kier alpha value is -1.34. The first-order valence-corrected chi connectivity index (χ1v) is 7.62. The second-order valence-corrected chi connectivity index (χ2v) is 5.54. The highest BCUT2D eigenvalue weighted by molar-refractivity contribution is 5.82. The summed E-state index contributed by atoms with van der Waals surface area (Å²) >= 11 is 0. The van der Waals surface area contributed by atoms with Crippen molar-refractivity contribution in [3.8, 4) is 0 Å². The lowest BCUT2D eigenvalue weighted by Gasteiger charge is -2.34. The van der Waals surface area contributed by atoms with Gasteiger partial charge in [0.05, 0.1) is 18.8 Å². The van der Waals surface area contributed by atoms with E-state index < -0.39 is 6.09 Å². The molecule has 3 unspecified atom stereocenters. The standard InChI is InChI=1S/C14H25N3O4/c1-3-21-14(19)16-10-5-4-6-17(9-10)13(18)12-7-11(20-2)8-15-12/h10-12,15H,3-9H2,1-2H3,(H,16,19). The van der Waals surface area contributed by atoms with Crippen LogP contribution in [-0.4, -0.2) is 68.4 Å². The van der Waals surface area contributed by atoms with Crippen LogP contribution in [0.1, 0.15) is 26.2 Å². The van der Waals surface area contributed by atoms with Gasteiger partial charge in [-0.3, -0.25) is 4.79 Å². The summed E-state index contributed by atoms with van der Waals surface area (Å²) in [7, 11) is 1.67. The monoisotopic (exact) mass is 299 g/mol. The number of piperidine rings is 1. The van der Waals surface area contributed by atoms with Gasteiger partial charge in [-0.1, -0.05) is 0 Å². The van der Waals surface area contributed by atoms with E-state index in [-0.39, 0.29) is 24.1 Å². The molecule has 2 N–H and O–H groups in total. The second-order valence-electron chi connectivity index (χ2n) is 5.54. The first kappa shape index (κ1) is 16.0. The van der Waals surface area contributed by atoms with E-state index in [4.69, 9.17) is 9.47 Å². The molecule has 0 bridgehead atoms. The normalized spacial score (nSPS) is 29.2. The summed E-state index contributed by atoms with van der Waals surface area (Å²) in [5.41, 5.74) is 0. The van der Waals surface area contributed by atoms with Gasteiger partial charge in [-0.15, -0.1) is 0 Å². The zero-order valence-corrected chi connectivity index (χ0v) is 12.8. The maximum Gasteiger partial charge on any atom is 0.407 e. The van der Waals surface area contributed by atoms with Crippen molar-refractivity contribution in [1.82, 2.24) is 15.5 Å². The number of amides is 2. The third kappa shape index (κ3) is 4.31. The van der Waals surface area contributed by atoms with Crippen molar-refractivity contribution in [3.63, 3.8) is 0 Å². The highest BCUT2D eigenvalue weighted by atomic mass is 16.5. The van der Waals surface area contributed by atoms with Crippen LogP contribution in [-0.2, 0) is 14.3 Å². The van der Waals surface area contributed by atoms with Gasteiger partial charge in [0, 0.05) is 32.8 Å². The smallest absolute Gasteiger partial charge is 0.407 e. The topological polar surface area (TPSA) is 79.9 Å². The summed E-state index contributed by atoms with van der Waals surface area (Å²) in [4.78, 5) is 25.8. The molecule has 2 amide bonds. The summed E-state index contributed by atoms with van der Waals surface area (Å²) in [5, 5.41) is 6.02. The van der Waals surface area contributed by atoms with Crippen molar-refractivity contribution in [2.24, 2.45) is 0 Å². The summed E-state index contributed by atoms with van der Waals surface area (Å²) < 4.78 is 10.2. The van der Waals surface area contributed by atoms with Gasteiger partial charge >= 0.3 is 6.09 Å². The number of carbonyl (C=O) groups excluding carboxylic acids is 2. The average Bonchev–Trinajstić information content (AvgIpc) is 2.96. The first-order valence-electron chi connectivity index (χ1n) is 7.62. The van der Waals surface area contributed by atoms with Gasteiger partial charge in [-0.05, 0) is 26.2 Å². The van der Waals surface area contributed by atoms with Gasteiger partial charge in [0.1, 0.15) is 0 Å². The van der Waals surface area contributed by atoms with E-state index in [1.807, 2.05) is 4.90 Å². The molecular weight excluding hydrogens is 274 g/mol. The predicted molar refractivity (Wildman–Crippen MR) is 77.0 cm³/mol. The fourth-order valence-corrected chi connectivity index (χ4v) is 2.93. The van der Waals surface area contributed by atoms with Crippen LogP contribution < -0.4 is 10.6 Å². The van der Waals surface area contributed by atoms with Crippen molar-refractivity contribution in [2.75, 3.05) is 33.4 Å². The van der Waals surface area contributed by atoms with Gasteiger partial charge in [-0.25, -0.2) is 4.79 Å². The Balaban J connectivity index is 1.83. The number of hydrogen-bond donors (Lipinski definition) is 2. The molecule has 0 aromatic carbocycles. The van der Waals surface area contributed by atoms with E-state index in [9.17, 15) is 9.59 Å². The number of alkyl carbamates (subject to hydrolysis) is 1. The van der Waals surface area contributed by atoms with Crippen molar-refractivity contribution in [2.45, 2.75) is 44.4 Å². The van der Waals surface area contributed by atoms with Crippen LogP contribution in [0, 0.1) is 0 Å². The lowest BCUT2D eigenvalue weighted by Crippen LogP contribution is -2.53. The SMILES string of the molecule is CCOC(=O)NC1CCCN(C(=O)C2CC(OC)CN2)C1. The van der Waals surface area contributed by atoms with Crippen LogP contribution in [0.4, 0.5) is 4.79 Å². The third-order valence-electron chi connectivity index (χ3n) is 4.05. The minimum atomic E-state index is -0.407. The highest BCUT2D eigenvalue weighted by Gasteiger charge is 2.34. The summed E-state index contributed by atoms with van der Waals surface area (Å²) in [6.07, 6.45) is 2.18. The molecule has 2 rings (SSSR count). The molecule has 0 spiro atoms. The Morgan fingerprint density at radius 2 is 2.24 bits per heavy atom. The molecule has 0 aliphatic carbocycles. The van der Waals surface area contributed by atoms with Gasteiger partial charge in [0.2, 0.25) is 5.91 Å². The highest BCUT2D eigenvalue weighted by Crippen LogP contribution is 2.16. The number of ether oxygens (including phenoxy) is 2. The minimum Gasteiger partial charge on any atom is -0.450 e. The van der Waals surface area contributed by atoms with Crippen LogP contribution >= 0.6 is 0 Å². The van der Waals surface area contributed by atoms with Gasteiger partial charge < -0.3 is 25.0 Å². The molecule has 2 heterocycles. The molecule has 0 radical (unpaired) electrons.